The molecule has 2 aliphatic rings. The molecule has 0 radical (unpaired) electrons. The van der Waals surface area contributed by atoms with Gasteiger partial charge < -0.3 is 18.9 Å². The van der Waals surface area contributed by atoms with Gasteiger partial charge in [0.1, 0.15) is 5.75 Å². The predicted octanol–water partition coefficient (Wildman–Crippen LogP) is 2.99. The number of hydrogen-bond acceptors (Lipinski definition) is 6. The maximum atomic E-state index is 12.7. The van der Waals surface area contributed by atoms with E-state index in [1.54, 1.807) is 7.11 Å². The first-order chi connectivity index (χ1) is 13.2. The van der Waals surface area contributed by atoms with Gasteiger partial charge in [-0.15, -0.1) is 0 Å². The van der Waals surface area contributed by atoms with Crippen LogP contribution in [-0.4, -0.2) is 54.4 Å². The molecule has 144 valence electrons. The lowest BCUT2D eigenvalue weighted by atomic mass is 9.95. The maximum absolute atomic E-state index is 12.7. The number of aromatic nitrogens is 2. The third kappa shape index (κ3) is 3.98. The van der Waals surface area contributed by atoms with Gasteiger partial charge in [0, 0.05) is 43.7 Å². The van der Waals surface area contributed by atoms with Crippen LogP contribution < -0.4 is 4.74 Å². The fourth-order valence-electron chi connectivity index (χ4n) is 3.78. The molecule has 0 saturated carbocycles. The molecule has 1 amide bonds. The number of carbonyl (C=O) groups excluding carboxylic acids is 1. The van der Waals surface area contributed by atoms with Crippen LogP contribution in [0.25, 0.3) is 0 Å². The minimum atomic E-state index is 0.0597. The Kier molecular flexibility index (Phi) is 5.38. The van der Waals surface area contributed by atoms with E-state index < -0.39 is 0 Å². The lowest BCUT2D eigenvalue weighted by Gasteiger charge is -2.30. The molecular weight excluding hydrogens is 346 g/mol. The van der Waals surface area contributed by atoms with Gasteiger partial charge in [-0.05, 0) is 49.9 Å². The van der Waals surface area contributed by atoms with Crippen molar-refractivity contribution in [3.8, 4) is 5.75 Å². The maximum Gasteiger partial charge on any atom is 0.253 e. The second-order valence-electron chi connectivity index (χ2n) is 7.17. The molecular formula is C20H25N3O4. The average molecular weight is 371 g/mol. The highest BCUT2D eigenvalue weighted by molar-refractivity contribution is 5.94. The fourth-order valence-corrected chi connectivity index (χ4v) is 3.78. The normalized spacial score (nSPS) is 19.2. The van der Waals surface area contributed by atoms with E-state index in [1.165, 1.54) is 0 Å². The van der Waals surface area contributed by atoms with Gasteiger partial charge in [0.25, 0.3) is 5.91 Å². The van der Waals surface area contributed by atoms with E-state index in [9.17, 15) is 4.79 Å². The Morgan fingerprint density at radius 3 is 2.44 bits per heavy atom. The summed E-state index contributed by atoms with van der Waals surface area (Å²) < 4.78 is 16.1. The molecule has 0 bridgehead atoms. The largest absolute Gasteiger partial charge is 0.497 e. The Hall–Kier alpha value is -2.41. The van der Waals surface area contributed by atoms with E-state index in [1.807, 2.05) is 29.2 Å². The summed E-state index contributed by atoms with van der Waals surface area (Å²) in [5.74, 6) is 2.91. The highest BCUT2D eigenvalue weighted by atomic mass is 16.5. The topological polar surface area (TPSA) is 77.7 Å². The Balaban J connectivity index is 1.34. The zero-order valence-electron chi connectivity index (χ0n) is 15.6. The molecule has 3 heterocycles. The van der Waals surface area contributed by atoms with Gasteiger partial charge in [0.05, 0.1) is 7.11 Å². The van der Waals surface area contributed by atoms with E-state index in [2.05, 4.69) is 10.1 Å². The summed E-state index contributed by atoms with van der Waals surface area (Å²) in [4.78, 5) is 19.2. The first-order valence-corrected chi connectivity index (χ1v) is 9.59. The number of carbonyl (C=O) groups is 1. The summed E-state index contributed by atoms with van der Waals surface area (Å²) in [7, 11) is 1.62. The van der Waals surface area contributed by atoms with Crippen LogP contribution in [-0.2, 0) is 4.74 Å². The molecule has 4 rings (SSSR count). The minimum Gasteiger partial charge on any atom is -0.497 e. The molecule has 27 heavy (non-hydrogen) atoms. The minimum absolute atomic E-state index is 0.0597. The standard InChI is InChI=1S/C20H25N3O4/c1-25-17-4-2-16(3-5-17)20(24)23-10-6-15(7-11-23)19-21-18(22-27-19)14-8-12-26-13-9-14/h2-5,14-15H,6-13H2,1H3. The summed E-state index contributed by atoms with van der Waals surface area (Å²) in [5, 5.41) is 4.20. The molecule has 0 aliphatic carbocycles. The molecule has 2 saturated heterocycles. The number of amides is 1. The van der Waals surface area contributed by atoms with E-state index in [4.69, 9.17) is 14.0 Å². The van der Waals surface area contributed by atoms with Gasteiger partial charge in [-0.1, -0.05) is 5.16 Å². The Morgan fingerprint density at radius 2 is 1.78 bits per heavy atom. The monoisotopic (exact) mass is 371 g/mol. The van der Waals surface area contributed by atoms with Gasteiger partial charge in [0.2, 0.25) is 5.89 Å². The number of rotatable bonds is 4. The molecule has 0 spiro atoms. The lowest BCUT2D eigenvalue weighted by Crippen LogP contribution is -2.38. The molecule has 7 nitrogen and oxygen atoms in total. The van der Waals surface area contributed by atoms with Gasteiger partial charge in [-0.25, -0.2) is 0 Å². The van der Waals surface area contributed by atoms with Crippen LogP contribution >= 0.6 is 0 Å². The number of likely N-dealkylation sites (tertiary alicyclic amines) is 1. The third-order valence-corrected chi connectivity index (χ3v) is 5.51. The zero-order valence-corrected chi connectivity index (χ0v) is 15.6. The van der Waals surface area contributed by atoms with Crippen LogP contribution in [0.15, 0.2) is 28.8 Å². The van der Waals surface area contributed by atoms with Gasteiger partial charge in [-0.3, -0.25) is 4.79 Å². The first-order valence-electron chi connectivity index (χ1n) is 9.59. The summed E-state index contributed by atoms with van der Waals surface area (Å²) in [6, 6.07) is 7.25. The summed E-state index contributed by atoms with van der Waals surface area (Å²) >= 11 is 0. The number of methoxy groups -OCH3 is 1. The van der Waals surface area contributed by atoms with Gasteiger partial charge in [0.15, 0.2) is 5.82 Å². The van der Waals surface area contributed by atoms with Crippen molar-refractivity contribution in [2.75, 3.05) is 33.4 Å². The molecule has 0 atom stereocenters. The van der Waals surface area contributed by atoms with E-state index in [-0.39, 0.29) is 11.8 Å². The van der Waals surface area contributed by atoms with Crippen molar-refractivity contribution in [1.29, 1.82) is 0 Å². The number of nitrogens with zero attached hydrogens (tertiary/aromatic N) is 3. The van der Waals surface area contributed by atoms with Crippen molar-refractivity contribution in [2.24, 2.45) is 0 Å². The van der Waals surface area contributed by atoms with Crippen LogP contribution in [0.5, 0.6) is 5.75 Å². The predicted molar refractivity (Wildman–Crippen MR) is 98.0 cm³/mol. The van der Waals surface area contributed by atoms with Gasteiger partial charge in [-0.2, -0.15) is 4.98 Å². The molecule has 1 aromatic carbocycles. The molecule has 7 heteroatoms. The highest BCUT2D eigenvalue weighted by Crippen LogP contribution is 2.30. The van der Waals surface area contributed by atoms with Crippen LogP contribution in [0.2, 0.25) is 0 Å². The molecule has 2 fully saturated rings. The lowest BCUT2D eigenvalue weighted by molar-refractivity contribution is 0.0704. The average Bonchev–Trinajstić information content (AvgIpc) is 3.24. The van der Waals surface area contributed by atoms with Crippen molar-refractivity contribution >= 4 is 5.91 Å². The quantitative estimate of drug-likeness (QED) is 0.822. The second kappa shape index (κ2) is 8.08. The van der Waals surface area contributed by atoms with Crippen LogP contribution in [0, 0.1) is 0 Å². The summed E-state index contributed by atoms with van der Waals surface area (Å²) in [6.45, 7) is 2.93. The van der Waals surface area contributed by atoms with Crippen molar-refractivity contribution in [1.82, 2.24) is 15.0 Å². The van der Waals surface area contributed by atoms with Crippen molar-refractivity contribution in [3.05, 3.63) is 41.5 Å². The third-order valence-electron chi connectivity index (χ3n) is 5.51. The van der Waals surface area contributed by atoms with E-state index >= 15 is 0 Å². The zero-order chi connectivity index (χ0) is 18.6. The number of benzene rings is 1. The van der Waals surface area contributed by atoms with Gasteiger partial charge >= 0.3 is 0 Å². The first kappa shape index (κ1) is 18.0. The Bertz CT molecular complexity index is 760. The number of hydrogen-bond donors (Lipinski definition) is 0. The Labute approximate surface area is 158 Å². The van der Waals surface area contributed by atoms with Crippen LogP contribution in [0.1, 0.15) is 59.6 Å². The second-order valence-corrected chi connectivity index (χ2v) is 7.17. The van der Waals surface area contributed by atoms with E-state index in [0.29, 0.717) is 30.5 Å². The molecule has 0 unspecified atom stereocenters. The Morgan fingerprint density at radius 1 is 1.07 bits per heavy atom. The van der Waals surface area contributed by atoms with Crippen LogP contribution in [0.3, 0.4) is 0 Å². The SMILES string of the molecule is COc1ccc(C(=O)N2CCC(c3nc(C4CCOCC4)no3)CC2)cc1. The fraction of sp³-hybridized carbons (Fsp3) is 0.550. The number of ether oxygens (including phenoxy) is 2. The van der Waals surface area contributed by atoms with E-state index in [0.717, 1.165) is 50.5 Å². The highest BCUT2D eigenvalue weighted by Gasteiger charge is 2.29. The molecule has 2 aromatic rings. The van der Waals surface area contributed by atoms with Crippen molar-refractivity contribution in [2.45, 2.75) is 37.5 Å². The van der Waals surface area contributed by atoms with Crippen LogP contribution in [0.4, 0.5) is 0 Å². The van der Waals surface area contributed by atoms with Crippen molar-refractivity contribution < 1.29 is 18.8 Å². The summed E-state index contributed by atoms with van der Waals surface area (Å²) in [6.07, 6.45) is 3.59. The smallest absolute Gasteiger partial charge is 0.253 e. The molecule has 2 aliphatic heterocycles. The molecule has 0 N–H and O–H groups in total. The van der Waals surface area contributed by atoms with Crippen molar-refractivity contribution in [3.63, 3.8) is 0 Å². The molecule has 1 aromatic heterocycles. The summed E-state index contributed by atoms with van der Waals surface area (Å²) in [5.41, 5.74) is 0.689. The number of piperidine rings is 1.